The minimum atomic E-state index is -4.85. The molecule has 1 atom stereocenters. The van der Waals surface area contributed by atoms with Gasteiger partial charge in [-0.25, -0.2) is 0 Å². The van der Waals surface area contributed by atoms with Crippen LogP contribution < -0.4 is 0 Å². The van der Waals surface area contributed by atoms with E-state index >= 15 is 0 Å². The number of halogens is 3. The van der Waals surface area contributed by atoms with Crippen molar-refractivity contribution in [3.63, 3.8) is 0 Å². The predicted molar refractivity (Wildman–Crippen MR) is 88.2 cm³/mol. The molecule has 25 heavy (non-hydrogen) atoms. The second-order valence-corrected chi connectivity index (χ2v) is 6.01. The fraction of sp³-hybridized carbons (Fsp3) is 0.222. The van der Waals surface area contributed by atoms with Gasteiger partial charge in [0.25, 0.3) is 0 Å². The molecule has 0 amide bonds. The maximum absolute atomic E-state index is 14.3. The second-order valence-electron chi connectivity index (χ2n) is 6.01. The van der Waals surface area contributed by atoms with Crippen LogP contribution in [0.25, 0.3) is 10.9 Å². The van der Waals surface area contributed by atoms with Gasteiger partial charge in [-0.1, -0.05) is 48.0 Å². The topological polar surface area (TPSA) is 58.9 Å². The Morgan fingerprint density at radius 2 is 1.72 bits per heavy atom. The van der Waals surface area contributed by atoms with Gasteiger partial charge >= 0.3 is 6.18 Å². The highest BCUT2D eigenvalue weighted by molar-refractivity contribution is 5.85. The van der Waals surface area contributed by atoms with E-state index in [2.05, 4.69) is 4.98 Å². The molecule has 0 radical (unpaired) electrons. The van der Waals surface area contributed by atoms with Crippen molar-refractivity contribution >= 4 is 10.9 Å². The number of aromatic amines is 1. The van der Waals surface area contributed by atoms with Gasteiger partial charge in [-0.2, -0.15) is 13.2 Å². The van der Waals surface area contributed by atoms with Gasteiger partial charge in [0.15, 0.2) is 5.41 Å². The first-order chi connectivity index (χ1) is 11.8. The van der Waals surface area contributed by atoms with Crippen LogP contribution in [0.1, 0.15) is 16.7 Å². The van der Waals surface area contributed by atoms with E-state index in [0.717, 1.165) is 5.56 Å². The molecule has 0 aliphatic heterocycles. The van der Waals surface area contributed by atoms with Crippen LogP contribution in [-0.4, -0.2) is 22.6 Å². The quantitative estimate of drug-likeness (QED) is 0.553. The number of H-pyrrole nitrogens is 1. The van der Waals surface area contributed by atoms with Crippen LogP contribution in [0.5, 0.6) is 0 Å². The molecule has 2 aromatic carbocycles. The maximum atomic E-state index is 14.3. The number of alkyl halides is 3. The summed E-state index contributed by atoms with van der Waals surface area (Å²) in [5.41, 5.74) is -1.74. The van der Waals surface area contributed by atoms with E-state index < -0.39 is 23.1 Å². The van der Waals surface area contributed by atoms with Gasteiger partial charge in [0.2, 0.25) is 6.54 Å². The Bertz CT molecular complexity index is 916. The van der Waals surface area contributed by atoms with Crippen LogP contribution in [0.15, 0.2) is 54.7 Å². The summed E-state index contributed by atoms with van der Waals surface area (Å²) in [5, 5.41) is 11.6. The molecule has 4 nitrogen and oxygen atoms in total. The van der Waals surface area contributed by atoms with E-state index in [1.165, 1.54) is 36.5 Å². The van der Waals surface area contributed by atoms with Crippen molar-refractivity contribution in [3.05, 3.63) is 81.5 Å². The van der Waals surface area contributed by atoms with Gasteiger partial charge < -0.3 is 4.98 Å². The van der Waals surface area contributed by atoms with Gasteiger partial charge in [0.05, 0.1) is 0 Å². The summed E-state index contributed by atoms with van der Waals surface area (Å²) < 4.78 is 42.9. The van der Waals surface area contributed by atoms with E-state index in [0.29, 0.717) is 10.9 Å². The fourth-order valence-corrected chi connectivity index (χ4v) is 3.19. The Kier molecular flexibility index (Phi) is 4.02. The number of rotatable bonds is 4. The van der Waals surface area contributed by atoms with Crippen molar-refractivity contribution in [1.29, 1.82) is 0 Å². The summed E-state index contributed by atoms with van der Waals surface area (Å²) in [6.45, 7) is 0.472. The second kappa shape index (κ2) is 5.91. The number of nitro groups is 1. The Labute approximate surface area is 141 Å². The minimum Gasteiger partial charge on any atom is -0.361 e. The molecule has 1 heterocycles. The molecule has 0 saturated heterocycles. The Morgan fingerprint density at radius 1 is 1.08 bits per heavy atom. The average molecular weight is 348 g/mol. The first-order valence-electron chi connectivity index (χ1n) is 7.58. The molecule has 0 unspecified atom stereocenters. The fourth-order valence-electron chi connectivity index (χ4n) is 3.19. The zero-order valence-electron chi connectivity index (χ0n) is 13.3. The zero-order chi connectivity index (χ0) is 18.2. The lowest BCUT2D eigenvalue weighted by molar-refractivity contribution is -0.498. The summed E-state index contributed by atoms with van der Waals surface area (Å²) in [4.78, 5) is 13.1. The molecular weight excluding hydrogens is 333 g/mol. The third-order valence-corrected chi connectivity index (χ3v) is 4.44. The summed E-state index contributed by atoms with van der Waals surface area (Å²) in [7, 11) is 0. The van der Waals surface area contributed by atoms with E-state index in [9.17, 15) is 23.3 Å². The number of fused-ring (bicyclic) bond motifs is 1. The molecule has 7 heteroatoms. The van der Waals surface area contributed by atoms with Gasteiger partial charge in [-0.15, -0.1) is 0 Å². The highest BCUT2D eigenvalue weighted by atomic mass is 19.4. The van der Waals surface area contributed by atoms with E-state index in [1.54, 1.807) is 25.1 Å². The van der Waals surface area contributed by atoms with Crippen molar-refractivity contribution in [2.75, 3.05) is 6.54 Å². The van der Waals surface area contributed by atoms with Gasteiger partial charge in [-0.05, 0) is 18.6 Å². The maximum Gasteiger partial charge on any atom is 0.408 e. The Morgan fingerprint density at radius 3 is 2.32 bits per heavy atom. The van der Waals surface area contributed by atoms with Crippen molar-refractivity contribution in [2.24, 2.45) is 0 Å². The number of nitrogens with one attached hydrogen (secondary N) is 1. The minimum absolute atomic E-state index is 0.142. The summed E-state index contributed by atoms with van der Waals surface area (Å²) >= 11 is 0. The van der Waals surface area contributed by atoms with Crippen LogP contribution in [0.2, 0.25) is 0 Å². The molecule has 1 N–H and O–H groups in total. The first kappa shape index (κ1) is 17.0. The van der Waals surface area contributed by atoms with E-state index in [-0.39, 0.29) is 11.1 Å². The molecule has 130 valence electrons. The third-order valence-electron chi connectivity index (χ3n) is 4.44. The smallest absolute Gasteiger partial charge is 0.361 e. The van der Waals surface area contributed by atoms with Crippen LogP contribution in [-0.2, 0) is 5.41 Å². The zero-order valence-corrected chi connectivity index (χ0v) is 13.3. The predicted octanol–water partition coefficient (Wildman–Crippen LogP) is 4.60. The van der Waals surface area contributed by atoms with E-state index in [4.69, 9.17) is 0 Å². The lowest BCUT2D eigenvalue weighted by atomic mass is 9.73. The molecule has 3 aromatic rings. The summed E-state index contributed by atoms with van der Waals surface area (Å²) in [6, 6.07) is 12.2. The SMILES string of the molecule is Cc1ccc([C@](C[N+](=O)[O-])(c2c[nH]c3ccccc23)C(F)(F)F)cc1. The van der Waals surface area contributed by atoms with Crippen LogP contribution in [0.3, 0.4) is 0 Å². The summed E-state index contributed by atoms with van der Waals surface area (Å²) in [5.74, 6) is 0. The Hall–Kier alpha value is -2.83. The van der Waals surface area contributed by atoms with Crippen molar-refractivity contribution in [2.45, 2.75) is 18.5 Å². The van der Waals surface area contributed by atoms with Crippen LogP contribution in [0.4, 0.5) is 13.2 Å². The highest BCUT2D eigenvalue weighted by Crippen LogP contribution is 2.48. The monoisotopic (exact) mass is 348 g/mol. The molecule has 1 aromatic heterocycles. The number of nitrogens with zero attached hydrogens (tertiary/aromatic N) is 1. The van der Waals surface area contributed by atoms with Gasteiger partial charge in [-0.3, -0.25) is 10.1 Å². The molecular formula is C18H15F3N2O2. The lowest BCUT2D eigenvalue weighted by Crippen LogP contribution is -2.48. The number of aryl methyl sites for hydroxylation is 1. The van der Waals surface area contributed by atoms with Crippen LogP contribution >= 0.6 is 0 Å². The number of benzene rings is 2. The van der Waals surface area contributed by atoms with Crippen LogP contribution in [0, 0.1) is 17.0 Å². The van der Waals surface area contributed by atoms with Crippen molar-refractivity contribution < 1.29 is 18.1 Å². The number of aromatic nitrogens is 1. The molecule has 3 rings (SSSR count). The summed E-state index contributed by atoms with van der Waals surface area (Å²) in [6.07, 6.45) is -3.62. The molecule has 0 spiro atoms. The van der Waals surface area contributed by atoms with Crippen molar-refractivity contribution in [1.82, 2.24) is 4.98 Å². The third kappa shape index (κ3) is 2.75. The van der Waals surface area contributed by atoms with Gasteiger partial charge in [0, 0.05) is 27.6 Å². The number of hydrogen-bond donors (Lipinski definition) is 1. The normalized spacial score (nSPS) is 14.4. The number of hydrogen-bond acceptors (Lipinski definition) is 2. The van der Waals surface area contributed by atoms with Crippen molar-refractivity contribution in [3.8, 4) is 0 Å². The lowest BCUT2D eigenvalue weighted by Gasteiger charge is -2.33. The molecule has 0 aliphatic rings. The number of para-hydroxylation sites is 1. The molecule has 0 saturated carbocycles. The molecule has 0 aliphatic carbocycles. The average Bonchev–Trinajstić information content (AvgIpc) is 2.96. The molecule has 0 fully saturated rings. The molecule has 0 bridgehead atoms. The van der Waals surface area contributed by atoms with E-state index in [1.807, 2.05) is 0 Å². The Balaban J connectivity index is 2.38. The first-order valence-corrected chi connectivity index (χ1v) is 7.58. The standard InChI is InChI=1S/C18H15F3N2O2/c1-12-6-8-13(9-7-12)17(11-23(24)25,18(19,20)21)15-10-22-16-5-3-2-4-14(15)16/h2-10,22H,11H2,1H3/t17-/m1/s1. The highest BCUT2D eigenvalue weighted by Gasteiger charge is 2.61. The largest absolute Gasteiger partial charge is 0.408 e. The van der Waals surface area contributed by atoms with Gasteiger partial charge in [0.1, 0.15) is 0 Å².